The zero-order valence-electron chi connectivity index (χ0n) is 16.2. The Morgan fingerprint density at radius 2 is 1.61 bits per heavy atom. The summed E-state index contributed by atoms with van der Waals surface area (Å²) in [4.78, 5) is 26.7. The number of imide groups is 1. The molecule has 3 rings (SSSR count). The van der Waals surface area contributed by atoms with Crippen molar-refractivity contribution in [3.63, 3.8) is 0 Å². The van der Waals surface area contributed by atoms with Gasteiger partial charge in [0.2, 0.25) is 5.91 Å². The van der Waals surface area contributed by atoms with Crippen molar-refractivity contribution in [1.29, 1.82) is 0 Å². The summed E-state index contributed by atoms with van der Waals surface area (Å²) < 4.78 is 0. The molecule has 0 fully saturated rings. The number of benzene rings is 3. The average molecular weight is 375 g/mol. The lowest BCUT2D eigenvalue weighted by molar-refractivity contribution is -0.125. The van der Waals surface area contributed by atoms with Gasteiger partial charge < -0.3 is 5.32 Å². The molecule has 0 unspecified atom stereocenters. The van der Waals surface area contributed by atoms with Crippen molar-refractivity contribution < 1.29 is 9.59 Å². The van der Waals surface area contributed by atoms with E-state index in [9.17, 15) is 9.59 Å². The van der Waals surface area contributed by atoms with Crippen LogP contribution in [0.1, 0.15) is 24.1 Å². The summed E-state index contributed by atoms with van der Waals surface area (Å²) in [5.74, 6) is -0.347. The Labute approximate surface area is 165 Å². The van der Waals surface area contributed by atoms with E-state index < -0.39 is 12.1 Å². The van der Waals surface area contributed by atoms with Crippen LogP contribution in [0.5, 0.6) is 0 Å². The van der Waals surface area contributed by atoms with Gasteiger partial charge in [0.25, 0.3) is 0 Å². The molecule has 0 aliphatic carbocycles. The van der Waals surface area contributed by atoms with Gasteiger partial charge >= 0.3 is 6.03 Å². The van der Waals surface area contributed by atoms with Gasteiger partial charge in [-0.2, -0.15) is 0 Å². The van der Waals surface area contributed by atoms with Crippen molar-refractivity contribution in [2.75, 3.05) is 13.6 Å². The van der Waals surface area contributed by atoms with Crippen LogP contribution >= 0.6 is 0 Å². The lowest BCUT2D eigenvalue weighted by atomic mass is 10.0. The predicted octanol–water partition coefficient (Wildman–Crippen LogP) is 3.86. The summed E-state index contributed by atoms with van der Waals surface area (Å²) in [6, 6.07) is 22.9. The second-order valence-corrected chi connectivity index (χ2v) is 6.76. The van der Waals surface area contributed by atoms with E-state index in [1.807, 2.05) is 61.3 Å². The predicted molar refractivity (Wildman–Crippen MR) is 112 cm³/mol. The fourth-order valence-electron chi connectivity index (χ4n) is 3.34. The van der Waals surface area contributed by atoms with Gasteiger partial charge in [-0.05, 0) is 41.9 Å². The van der Waals surface area contributed by atoms with Crippen molar-refractivity contribution in [2.45, 2.75) is 19.5 Å². The fraction of sp³-hybridized carbons (Fsp3) is 0.217. The van der Waals surface area contributed by atoms with E-state index in [1.165, 1.54) is 5.39 Å². The normalized spacial score (nSPS) is 12.0. The second kappa shape index (κ2) is 9.15. The van der Waals surface area contributed by atoms with Gasteiger partial charge in [-0.3, -0.25) is 15.0 Å². The maximum absolute atomic E-state index is 12.9. The topological polar surface area (TPSA) is 61.4 Å². The molecule has 5 heteroatoms. The van der Waals surface area contributed by atoms with Gasteiger partial charge in [-0.25, -0.2) is 4.79 Å². The Hall–Kier alpha value is -3.18. The molecule has 0 aliphatic heterocycles. The van der Waals surface area contributed by atoms with E-state index in [1.54, 1.807) is 0 Å². The molecule has 3 aromatic rings. The smallest absolute Gasteiger partial charge is 0.321 e. The number of rotatable bonds is 6. The summed E-state index contributed by atoms with van der Waals surface area (Å²) in [6.07, 6.45) is 0. The van der Waals surface area contributed by atoms with Crippen LogP contribution in [0, 0.1) is 0 Å². The number of carbonyl (C=O) groups excluding carboxylic acids is 2. The molecular formula is C23H25N3O2. The minimum absolute atomic E-state index is 0.347. The van der Waals surface area contributed by atoms with Crippen LogP contribution in [-0.2, 0) is 11.3 Å². The molecule has 3 amide bonds. The van der Waals surface area contributed by atoms with Crippen LogP contribution in [0.3, 0.4) is 0 Å². The summed E-state index contributed by atoms with van der Waals surface area (Å²) in [6.45, 7) is 2.85. The number of nitrogens with one attached hydrogen (secondary N) is 2. The lowest BCUT2D eigenvalue weighted by Crippen LogP contribution is -2.45. The molecule has 3 aromatic carbocycles. The first-order chi connectivity index (χ1) is 13.6. The zero-order chi connectivity index (χ0) is 19.9. The Kier molecular flexibility index (Phi) is 6.40. The van der Waals surface area contributed by atoms with Crippen molar-refractivity contribution in [3.8, 4) is 0 Å². The maximum atomic E-state index is 12.9. The van der Waals surface area contributed by atoms with E-state index in [-0.39, 0.29) is 5.91 Å². The number of nitrogens with zero attached hydrogens (tertiary/aromatic N) is 1. The average Bonchev–Trinajstić information content (AvgIpc) is 2.69. The van der Waals surface area contributed by atoms with Gasteiger partial charge in [0, 0.05) is 13.1 Å². The molecule has 0 bridgehead atoms. The second-order valence-electron chi connectivity index (χ2n) is 6.76. The Morgan fingerprint density at radius 3 is 2.32 bits per heavy atom. The minimum atomic E-state index is -0.574. The van der Waals surface area contributed by atoms with Crippen LogP contribution in [0.2, 0.25) is 0 Å². The SMILES string of the molecule is CCNC(=O)NC(=O)[C@H](c1ccccc1)N(C)Cc1ccc2ccccc2c1. The first-order valence-electron chi connectivity index (χ1n) is 9.40. The van der Waals surface area contributed by atoms with Gasteiger partial charge in [-0.1, -0.05) is 66.7 Å². The number of carbonyl (C=O) groups is 2. The monoisotopic (exact) mass is 375 g/mol. The molecule has 1 atom stereocenters. The number of amides is 3. The lowest BCUT2D eigenvalue weighted by Gasteiger charge is -2.27. The van der Waals surface area contributed by atoms with E-state index in [0.29, 0.717) is 13.1 Å². The number of likely N-dealkylation sites (N-methyl/N-ethyl adjacent to an activating group) is 1. The van der Waals surface area contributed by atoms with Crippen molar-refractivity contribution >= 4 is 22.7 Å². The first-order valence-corrected chi connectivity index (χ1v) is 9.40. The number of hydrogen-bond donors (Lipinski definition) is 2. The van der Waals surface area contributed by atoms with Gasteiger partial charge in [0.1, 0.15) is 6.04 Å². The van der Waals surface area contributed by atoms with E-state index in [4.69, 9.17) is 0 Å². The molecule has 5 nitrogen and oxygen atoms in total. The van der Waals surface area contributed by atoms with E-state index in [0.717, 1.165) is 16.5 Å². The van der Waals surface area contributed by atoms with Crippen molar-refractivity contribution in [2.24, 2.45) is 0 Å². The molecule has 0 aromatic heterocycles. The molecule has 28 heavy (non-hydrogen) atoms. The van der Waals surface area contributed by atoms with Crippen LogP contribution < -0.4 is 10.6 Å². The zero-order valence-corrected chi connectivity index (χ0v) is 16.2. The summed E-state index contributed by atoms with van der Waals surface area (Å²) in [5.41, 5.74) is 1.94. The van der Waals surface area contributed by atoms with Gasteiger partial charge in [0.15, 0.2) is 0 Å². The Balaban J connectivity index is 1.83. The van der Waals surface area contributed by atoms with Crippen LogP contribution in [0.15, 0.2) is 72.8 Å². The van der Waals surface area contributed by atoms with Crippen LogP contribution in [-0.4, -0.2) is 30.4 Å². The molecule has 0 aliphatic rings. The third-order valence-electron chi connectivity index (χ3n) is 4.62. The standard InChI is InChI=1S/C23H25N3O2/c1-3-24-23(28)25-22(27)21(19-10-5-4-6-11-19)26(2)16-17-13-14-18-9-7-8-12-20(18)15-17/h4-15,21H,3,16H2,1-2H3,(H2,24,25,27,28)/t21-/m0/s1. The third kappa shape index (κ3) is 4.75. The minimum Gasteiger partial charge on any atom is -0.338 e. The highest BCUT2D eigenvalue weighted by Gasteiger charge is 2.26. The highest BCUT2D eigenvalue weighted by atomic mass is 16.2. The highest BCUT2D eigenvalue weighted by Crippen LogP contribution is 2.23. The molecule has 0 saturated carbocycles. The summed E-state index contributed by atoms with van der Waals surface area (Å²) in [7, 11) is 1.89. The molecule has 0 spiro atoms. The maximum Gasteiger partial charge on any atom is 0.321 e. The molecule has 0 heterocycles. The summed E-state index contributed by atoms with van der Waals surface area (Å²) >= 11 is 0. The first kappa shape index (κ1) is 19.6. The van der Waals surface area contributed by atoms with Crippen molar-refractivity contribution in [3.05, 3.63) is 83.9 Å². The highest BCUT2D eigenvalue weighted by molar-refractivity contribution is 5.97. The molecule has 2 N–H and O–H groups in total. The van der Waals surface area contributed by atoms with Crippen molar-refractivity contribution in [1.82, 2.24) is 15.5 Å². The molecule has 144 valence electrons. The molecular weight excluding hydrogens is 350 g/mol. The van der Waals surface area contributed by atoms with E-state index >= 15 is 0 Å². The van der Waals surface area contributed by atoms with Crippen LogP contribution in [0.4, 0.5) is 4.79 Å². The Morgan fingerprint density at radius 1 is 0.929 bits per heavy atom. The molecule has 0 saturated heterocycles. The fourth-order valence-corrected chi connectivity index (χ4v) is 3.34. The molecule has 0 radical (unpaired) electrons. The number of fused-ring (bicyclic) bond motifs is 1. The van der Waals surface area contributed by atoms with Crippen LogP contribution in [0.25, 0.3) is 10.8 Å². The quantitative estimate of drug-likeness (QED) is 0.688. The number of urea groups is 1. The Bertz CT molecular complexity index is 956. The third-order valence-corrected chi connectivity index (χ3v) is 4.62. The largest absolute Gasteiger partial charge is 0.338 e. The van der Waals surface area contributed by atoms with E-state index in [2.05, 4.69) is 41.0 Å². The number of hydrogen-bond acceptors (Lipinski definition) is 3. The van der Waals surface area contributed by atoms with Gasteiger partial charge in [-0.15, -0.1) is 0 Å². The summed E-state index contributed by atoms with van der Waals surface area (Å²) in [5, 5.41) is 7.39. The van der Waals surface area contributed by atoms with Gasteiger partial charge in [0.05, 0.1) is 0 Å².